The van der Waals surface area contributed by atoms with Crippen molar-refractivity contribution in [1.29, 1.82) is 0 Å². The minimum atomic E-state index is -0.791. The number of piperidine rings is 1. The zero-order valence-corrected chi connectivity index (χ0v) is 12.7. The van der Waals surface area contributed by atoms with Gasteiger partial charge in [-0.3, -0.25) is 9.59 Å². The molecule has 1 aliphatic rings. The summed E-state index contributed by atoms with van der Waals surface area (Å²) in [6, 6.07) is 0. The lowest BCUT2D eigenvalue weighted by Crippen LogP contribution is -2.45. The number of aromatic nitrogens is 2. The molecule has 6 heteroatoms. The van der Waals surface area contributed by atoms with Crippen LogP contribution in [0.5, 0.6) is 0 Å². The Balaban J connectivity index is 2.15. The Bertz CT molecular complexity index is 549. The maximum absolute atomic E-state index is 12.6. The van der Waals surface area contributed by atoms with E-state index in [-0.39, 0.29) is 11.8 Å². The van der Waals surface area contributed by atoms with E-state index in [0.717, 1.165) is 5.69 Å². The summed E-state index contributed by atoms with van der Waals surface area (Å²) in [7, 11) is 0. The Kier molecular flexibility index (Phi) is 4.25. The largest absolute Gasteiger partial charge is 0.481 e. The van der Waals surface area contributed by atoms with E-state index in [0.29, 0.717) is 31.5 Å². The van der Waals surface area contributed by atoms with Gasteiger partial charge in [-0.1, -0.05) is 13.8 Å². The molecule has 0 bridgehead atoms. The molecule has 0 radical (unpaired) electrons. The van der Waals surface area contributed by atoms with Crippen LogP contribution in [0.15, 0.2) is 12.5 Å². The molecule has 2 rings (SSSR count). The lowest BCUT2D eigenvalue weighted by Gasteiger charge is -2.36. The van der Waals surface area contributed by atoms with Crippen LogP contribution in [0.1, 0.15) is 55.6 Å². The lowest BCUT2D eigenvalue weighted by atomic mass is 9.80. The highest BCUT2D eigenvalue weighted by atomic mass is 16.4. The number of nitrogens with zero attached hydrogens (tertiary/aromatic N) is 3. The summed E-state index contributed by atoms with van der Waals surface area (Å²) in [5.74, 6) is -0.756. The quantitative estimate of drug-likeness (QED) is 0.920. The summed E-state index contributed by atoms with van der Waals surface area (Å²) in [5.41, 5.74) is 0.526. The standard InChI is InChI=1S/C15H21N3O3/c1-10(2)12-11(8-16-9-17-12)13(19)18-6-4-15(3,5-7-18)14(20)21/h8-10H,4-7H2,1-3H3,(H,20,21). The number of likely N-dealkylation sites (tertiary alicyclic amines) is 1. The summed E-state index contributed by atoms with van der Waals surface area (Å²) >= 11 is 0. The number of carbonyl (C=O) groups is 2. The van der Waals surface area contributed by atoms with Crippen LogP contribution in [-0.4, -0.2) is 44.9 Å². The van der Waals surface area contributed by atoms with Gasteiger partial charge in [0.1, 0.15) is 6.33 Å². The zero-order chi connectivity index (χ0) is 15.6. The van der Waals surface area contributed by atoms with Gasteiger partial charge in [-0.2, -0.15) is 0 Å². The molecule has 6 nitrogen and oxygen atoms in total. The van der Waals surface area contributed by atoms with Gasteiger partial charge in [-0.05, 0) is 25.7 Å². The third-order valence-electron chi connectivity index (χ3n) is 4.19. The molecule has 114 valence electrons. The van der Waals surface area contributed by atoms with Crippen LogP contribution in [-0.2, 0) is 4.79 Å². The summed E-state index contributed by atoms with van der Waals surface area (Å²) in [4.78, 5) is 33.7. The van der Waals surface area contributed by atoms with Gasteiger partial charge < -0.3 is 10.0 Å². The number of carbonyl (C=O) groups excluding carboxylic acids is 1. The topological polar surface area (TPSA) is 83.4 Å². The van der Waals surface area contributed by atoms with Crippen LogP contribution in [0.25, 0.3) is 0 Å². The fraction of sp³-hybridized carbons (Fsp3) is 0.600. The van der Waals surface area contributed by atoms with Crippen LogP contribution >= 0.6 is 0 Å². The molecule has 0 saturated carbocycles. The van der Waals surface area contributed by atoms with Crippen LogP contribution in [0.4, 0.5) is 0 Å². The second kappa shape index (κ2) is 5.79. The molecule has 2 heterocycles. The van der Waals surface area contributed by atoms with Crippen LogP contribution in [0.3, 0.4) is 0 Å². The summed E-state index contributed by atoms with van der Waals surface area (Å²) in [6.07, 6.45) is 3.94. The molecular weight excluding hydrogens is 270 g/mol. The number of carboxylic acids is 1. The van der Waals surface area contributed by atoms with Gasteiger partial charge in [0.15, 0.2) is 0 Å². The Hall–Kier alpha value is -1.98. The molecule has 1 saturated heterocycles. The zero-order valence-electron chi connectivity index (χ0n) is 12.7. The molecule has 0 aliphatic carbocycles. The van der Waals surface area contributed by atoms with Gasteiger partial charge in [0, 0.05) is 19.3 Å². The van der Waals surface area contributed by atoms with Crippen LogP contribution in [0.2, 0.25) is 0 Å². The maximum Gasteiger partial charge on any atom is 0.309 e. The van der Waals surface area contributed by atoms with Gasteiger partial charge in [-0.15, -0.1) is 0 Å². The third-order valence-corrected chi connectivity index (χ3v) is 4.19. The van der Waals surface area contributed by atoms with Crippen molar-refractivity contribution in [2.75, 3.05) is 13.1 Å². The van der Waals surface area contributed by atoms with Crippen molar-refractivity contribution < 1.29 is 14.7 Å². The number of amides is 1. The fourth-order valence-corrected chi connectivity index (χ4v) is 2.55. The smallest absolute Gasteiger partial charge is 0.309 e. The van der Waals surface area contributed by atoms with Crippen molar-refractivity contribution in [2.24, 2.45) is 5.41 Å². The highest BCUT2D eigenvalue weighted by Crippen LogP contribution is 2.32. The normalized spacial score (nSPS) is 17.8. The monoisotopic (exact) mass is 291 g/mol. The van der Waals surface area contributed by atoms with Crippen molar-refractivity contribution in [3.8, 4) is 0 Å². The van der Waals surface area contributed by atoms with E-state index >= 15 is 0 Å². The first-order valence-electron chi connectivity index (χ1n) is 7.18. The first kappa shape index (κ1) is 15.4. The van der Waals surface area contributed by atoms with E-state index < -0.39 is 11.4 Å². The molecular formula is C15H21N3O3. The van der Waals surface area contributed by atoms with E-state index in [1.165, 1.54) is 6.33 Å². The van der Waals surface area contributed by atoms with E-state index in [1.54, 1.807) is 18.0 Å². The SMILES string of the molecule is CC(C)c1ncncc1C(=O)N1CCC(C)(C(=O)O)CC1. The highest BCUT2D eigenvalue weighted by molar-refractivity contribution is 5.95. The van der Waals surface area contributed by atoms with E-state index in [2.05, 4.69) is 9.97 Å². The van der Waals surface area contributed by atoms with E-state index in [9.17, 15) is 14.7 Å². The molecule has 0 unspecified atom stereocenters. The minimum Gasteiger partial charge on any atom is -0.481 e. The van der Waals surface area contributed by atoms with Crippen molar-refractivity contribution in [2.45, 2.75) is 39.5 Å². The molecule has 21 heavy (non-hydrogen) atoms. The second-order valence-corrected chi connectivity index (χ2v) is 6.13. The van der Waals surface area contributed by atoms with Gasteiger partial charge in [0.05, 0.1) is 16.7 Å². The molecule has 0 atom stereocenters. The molecule has 1 N–H and O–H groups in total. The van der Waals surface area contributed by atoms with Crippen LogP contribution < -0.4 is 0 Å². The maximum atomic E-state index is 12.6. The van der Waals surface area contributed by atoms with Crippen molar-refractivity contribution in [3.63, 3.8) is 0 Å². The third kappa shape index (κ3) is 3.04. The average molecular weight is 291 g/mol. The first-order chi connectivity index (χ1) is 9.85. The van der Waals surface area contributed by atoms with E-state index in [4.69, 9.17) is 0 Å². The summed E-state index contributed by atoms with van der Waals surface area (Å²) in [5, 5.41) is 9.23. The summed E-state index contributed by atoms with van der Waals surface area (Å²) < 4.78 is 0. The lowest BCUT2D eigenvalue weighted by molar-refractivity contribution is -0.150. The average Bonchev–Trinajstić information content (AvgIpc) is 2.47. The van der Waals surface area contributed by atoms with Crippen molar-refractivity contribution in [3.05, 3.63) is 23.8 Å². The van der Waals surface area contributed by atoms with Crippen molar-refractivity contribution in [1.82, 2.24) is 14.9 Å². The van der Waals surface area contributed by atoms with Gasteiger partial charge >= 0.3 is 5.97 Å². The number of carboxylic acid groups (broad SMARTS) is 1. The van der Waals surface area contributed by atoms with Crippen molar-refractivity contribution >= 4 is 11.9 Å². The highest BCUT2D eigenvalue weighted by Gasteiger charge is 2.38. The molecule has 0 aromatic carbocycles. The number of hydrogen-bond acceptors (Lipinski definition) is 4. The number of hydrogen-bond donors (Lipinski definition) is 1. The predicted octanol–water partition coefficient (Wildman–Crippen LogP) is 1.93. The van der Waals surface area contributed by atoms with Crippen LogP contribution in [0, 0.1) is 5.41 Å². The number of aliphatic carboxylic acids is 1. The molecule has 0 spiro atoms. The number of rotatable bonds is 3. The Labute approximate surface area is 124 Å². The molecule has 1 amide bonds. The predicted molar refractivity (Wildman–Crippen MR) is 77.0 cm³/mol. The molecule has 1 fully saturated rings. The molecule has 1 aromatic rings. The fourth-order valence-electron chi connectivity index (χ4n) is 2.55. The Morgan fingerprint density at radius 1 is 1.33 bits per heavy atom. The van der Waals surface area contributed by atoms with Gasteiger partial charge in [0.2, 0.25) is 0 Å². The van der Waals surface area contributed by atoms with Gasteiger partial charge in [-0.25, -0.2) is 9.97 Å². The Morgan fingerprint density at radius 3 is 2.48 bits per heavy atom. The molecule has 1 aromatic heterocycles. The first-order valence-corrected chi connectivity index (χ1v) is 7.18. The van der Waals surface area contributed by atoms with Gasteiger partial charge in [0.25, 0.3) is 5.91 Å². The van der Waals surface area contributed by atoms with E-state index in [1.807, 2.05) is 13.8 Å². The molecule has 1 aliphatic heterocycles. The second-order valence-electron chi connectivity index (χ2n) is 6.13. The Morgan fingerprint density at radius 2 is 1.95 bits per heavy atom. The minimum absolute atomic E-state index is 0.105. The summed E-state index contributed by atoms with van der Waals surface area (Å²) in [6.45, 7) is 6.61.